The normalized spacial score (nSPS) is 12.3. The lowest BCUT2D eigenvalue weighted by Gasteiger charge is -2.16. The van der Waals surface area contributed by atoms with Gasteiger partial charge < -0.3 is 10.6 Å². The van der Waals surface area contributed by atoms with Gasteiger partial charge in [0.25, 0.3) is 0 Å². The summed E-state index contributed by atoms with van der Waals surface area (Å²) in [7, 11) is 0. The Morgan fingerprint density at radius 3 is 2.76 bits per heavy atom. The second-order valence-electron chi connectivity index (χ2n) is 4.64. The predicted octanol–water partition coefficient (Wildman–Crippen LogP) is 4.06. The molecule has 0 radical (unpaired) electrons. The number of carbonyl (C=O) groups is 1. The molecule has 21 heavy (non-hydrogen) atoms. The maximum absolute atomic E-state index is 11.6. The van der Waals surface area contributed by atoms with Crippen molar-refractivity contribution >= 4 is 40.2 Å². The molecular weight excluding hydrogens is 324 g/mol. The number of rotatable bonds is 8. The van der Waals surface area contributed by atoms with Gasteiger partial charge >= 0.3 is 0 Å². The Morgan fingerprint density at radius 1 is 1.29 bits per heavy atom. The average Bonchev–Trinajstić information content (AvgIpc) is 3.13. The summed E-state index contributed by atoms with van der Waals surface area (Å²) < 4.78 is 0.786. The first-order valence-electron chi connectivity index (χ1n) is 6.99. The van der Waals surface area contributed by atoms with E-state index >= 15 is 0 Å². The SMILES string of the molecule is CCCNC(=O)CCNC(c1cccs1)c1ccc(Cl)s1. The van der Waals surface area contributed by atoms with Crippen LogP contribution >= 0.6 is 34.3 Å². The van der Waals surface area contributed by atoms with Crippen molar-refractivity contribution in [1.82, 2.24) is 10.6 Å². The minimum Gasteiger partial charge on any atom is -0.356 e. The van der Waals surface area contributed by atoms with Gasteiger partial charge in [-0.15, -0.1) is 22.7 Å². The van der Waals surface area contributed by atoms with E-state index in [-0.39, 0.29) is 11.9 Å². The van der Waals surface area contributed by atoms with Crippen molar-refractivity contribution in [2.45, 2.75) is 25.8 Å². The van der Waals surface area contributed by atoms with Crippen LogP contribution in [0, 0.1) is 0 Å². The highest BCUT2D eigenvalue weighted by molar-refractivity contribution is 7.16. The summed E-state index contributed by atoms with van der Waals surface area (Å²) >= 11 is 9.32. The summed E-state index contributed by atoms with van der Waals surface area (Å²) in [4.78, 5) is 14.1. The molecule has 2 N–H and O–H groups in total. The molecule has 6 heteroatoms. The van der Waals surface area contributed by atoms with Gasteiger partial charge in [-0.1, -0.05) is 24.6 Å². The fourth-order valence-corrected chi connectivity index (χ4v) is 4.01. The van der Waals surface area contributed by atoms with Crippen LogP contribution in [-0.4, -0.2) is 19.0 Å². The quantitative estimate of drug-likeness (QED) is 0.759. The fraction of sp³-hybridized carbons (Fsp3) is 0.400. The van der Waals surface area contributed by atoms with Crippen molar-refractivity contribution in [2.75, 3.05) is 13.1 Å². The molecule has 0 spiro atoms. The summed E-state index contributed by atoms with van der Waals surface area (Å²) in [6, 6.07) is 8.21. The van der Waals surface area contributed by atoms with Crippen molar-refractivity contribution < 1.29 is 4.79 Å². The molecule has 2 heterocycles. The first-order valence-corrected chi connectivity index (χ1v) is 9.07. The number of carbonyl (C=O) groups excluding carboxylic acids is 1. The third-order valence-corrected chi connectivity index (χ3v) is 5.21. The number of thiophene rings is 2. The van der Waals surface area contributed by atoms with Gasteiger partial charge in [0.2, 0.25) is 5.91 Å². The number of nitrogens with one attached hydrogen (secondary N) is 2. The van der Waals surface area contributed by atoms with Crippen LogP contribution < -0.4 is 10.6 Å². The second-order valence-corrected chi connectivity index (χ2v) is 7.37. The van der Waals surface area contributed by atoms with Crippen molar-refractivity contribution in [3.8, 4) is 0 Å². The molecule has 3 nitrogen and oxygen atoms in total. The summed E-state index contributed by atoms with van der Waals surface area (Å²) in [5.74, 6) is 0.0958. The summed E-state index contributed by atoms with van der Waals surface area (Å²) in [6.45, 7) is 3.44. The van der Waals surface area contributed by atoms with Crippen molar-refractivity contribution in [2.24, 2.45) is 0 Å². The van der Waals surface area contributed by atoms with E-state index in [9.17, 15) is 4.79 Å². The molecule has 2 aromatic heterocycles. The first kappa shape index (κ1) is 16.5. The topological polar surface area (TPSA) is 41.1 Å². The summed E-state index contributed by atoms with van der Waals surface area (Å²) in [5.41, 5.74) is 0. The Morgan fingerprint density at radius 2 is 2.14 bits per heavy atom. The third-order valence-electron chi connectivity index (χ3n) is 2.98. The Kier molecular flexibility index (Phi) is 6.70. The molecule has 114 valence electrons. The fourth-order valence-electron chi connectivity index (χ4n) is 1.96. The lowest BCUT2D eigenvalue weighted by molar-refractivity contribution is -0.121. The largest absolute Gasteiger partial charge is 0.356 e. The van der Waals surface area contributed by atoms with E-state index in [2.05, 4.69) is 22.1 Å². The molecule has 0 aromatic carbocycles. The van der Waals surface area contributed by atoms with E-state index in [1.807, 2.05) is 25.1 Å². The molecule has 1 unspecified atom stereocenters. The van der Waals surface area contributed by atoms with E-state index < -0.39 is 0 Å². The zero-order valence-electron chi connectivity index (χ0n) is 11.9. The molecule has 0 fully saturated rings. The van der Waals surface area contributed by atoms with Crippen LogP contribution in [0.25, 0.3) is 0 Å². The van der Waals surface area contributed by atoms with E-state index in [0.29, 0.717) is 13.0 Å². The minimum atomic E-state index is 0.0958. The van der Waals surface area contributed by atoms with Gasteiger partial charge in [-0.05, 0) is 30.0 Å². The van der Waals surface area contributed by atoms with Crippen LogP contribution in [0.3, 0.4) is 0 Å². The lowest BCUT2D eigenvalue weighted by atomic mass is 10.2. The van der Waals surface area contributed by atoms with Gasteiger partial charge in [0.15, 0.2) is 0 Å². The van der Waals surface area contributed by atoms with Gasteiger partial charge in [0.1, 0.15) is 0 Å². The molecule has 0 saturated carbocycles. The highest BCUT2D eigenvalue weighted by Crippen LogP contribution is 2.32. The zero-order chi connectivity index (χ0) is 15.1. The monoisotopic (exact) mass is 342 g/mol. The van der Waals surface area contributed by atoms with Crippen molar-refractivity contribution in [1.29, 1.82) is 0 Å². The zero-order valence-corrected chi connectivity index (χ0v) is 14.3. The van der Waals surface area contributed by atoms with Crippen LogP contribution in [0.2, 0.25) is 4.34 Å². The van der Waals surface area contributed by atoms with Gasteiger partial charge in [-0.2, -0.15) is 0 Å². The standard InChI is InChI=1S/C15H19ClN2OS2/c1-2-8-17-14(19)7-9-18-15(11-4-3-10-20-11)12-5-6-13(16)21-12/h3-6,10,15,18H,2,7-9H2,1H3,(H,17,19). The second kappa shape index (κ2) is 8.54. The van der Waals surface area contributed by atoms with Crippen LogP contribution in [0.5, 0.6) is 0 Å². The molecule has 2 aromatic rings. The Balaban J connectivity index is 1.93. The highest BCUT2D eigenvalue weighted by Gasteiger charge is 2.17. The van der Waals surface area contributed by atoms with E-state index in [1.54, 1.807) is 22.7 Å². The van der Waals surface area contributed by atoms with Gasteiger partial charge in [-0.25, -0.2) is 0 Å². The molecule has 1 atom stereocenters. The number of halogens is 1. The smallest absolute Gasteiger partial charge is 0.221 e. The Bertz CT molecular complexity index is 554. The molecule has 0 saturated heterocycles. The maximum atomic E-state index is 11.6. The van der Waals surface area contributed by atoms with Crippen LogP contribution in [0.1, 0.15) is 35.6 Å². The van der Waals surface area contributed by atoms with E-state index in [0.717, 1.165) is 17.3 Å². The molecule has 2 rings (SSSR count). The summed E-state index contributed by atoms with van der Waals surface area (Å²) in [6.07, 6.45) is 1.45. The number of hydrogen-bond acceptors (Lipinski definition) is 4. The van der Waals surface area contributed by atoms with E-state index in [4.69, 9.17) is 11.6 Å². The van der Waals surface area contributed by atoms with E-state index in [1.165, 1.54) is 9.75 Å². The minimum absolute atomic E-state index is 0.0958. The molecule has 1 amide bonds. The van der Waals surface area contributed by atoms with Crippen molar-refractivity contribution in [3.05, 3.63) is 43.7 Å². The van der Waals surface area contributed by atoms with Gasteiger partial charge in [0.05, 0.1) is 10.4 Å². The molecular formula is C15H19ClN2OS2. The average molecular weight is 343 g/mol. The number of amides is 1. The maximum Gasteiger partial charge on any atom is 0.221 e. The lowest BCUT2D eigenvalue weighted by Crippen LogP contribution is -2.29. The van der Waals surface area contributed by atoms with Gasteiger partial charge in [0, 0.05) is 29.3 Å². The number of hydrogen-bond donors (Lipinski definition) is 2. The summed E-state index contributed by atoms with van der Waals surface area (Å²) in [5, 5.41) is 8.41. The van der Waals surface area contributed by atoms with Crippen LogP contribution in [-0.2, 0) is 4.79 Å². The molecule has 0 aliphatic heterocycles. The first-order chi connectivity index (χ1) is 10.2. The van der Waals surface area contributed by atoms with Gasteiger partial charge in [-0.3, -0.25) is 4.79 Å². The van der Waals surface area contributed by atoms with Crippen molar-refractivity contribution in [3.63, 3.8) is 0 Å². The predicted molar refractivity (Wildman–Crippen MR) is 91.4 cm³/mol. The molecule has 0 aliphatic carbocycles. The Hall–Kier alpha value is -0.880. The molecule has 0 bridgehead atoms. The van der Waals surface area contributed by atoms with Crippen LogP contribution in [0.15, 0.2) is 29.6 Å². The third kappa shape index (κ3) is 5.11. The Labute approximate surface area is 138 Å². The van der Waals surface area contributed by atoms with Crippen LogP contribution in [0.4, 0.5) is 0 Å². The highest BCUT2D eigenvalue weighted by atomic mass is 35.5. The molecule has 0 aliphatic rings.